The molecule has 0 heterocycles. The number of aromatic carboxylic acids is 1. The van der Waals surface area contributed by atoms with Crippen molar-refractivity contribution in [3.8, 4) is 5.75 Å². The number of hydrogen-bond donors (Lipinski definition) is 1. The minimum Gasteiger partial charge on any atom is -0.496 e. The summed E-state index contributed by atoms with van der Waals surface area (Å²) in [7, 11) is 3.52. The average Bonchev–Trinajstić information content (AvgIpc) is 2.47. The number of carboxylic acid groups (broad SMARTS) is 1. The van der Waals surface area contributed by atoms with E-state index in [2.05, 4.69) is 0 Å². The summed E-state index contributed by atoms with van der Waals surface area (Å²) in [6.45, 7) is 2.50. The maximum atomic E-state index is 11.4. The number of anilines is 1. The van der Waals surface area contributed by atoms with Gasteiger partial charge in [0.1, 0.15) is 5.75 Å². The minimum atomic E-state index is -0.916. The van der Waals surface area contributed by atoms with Crippen LogP contribution in [0, 0.1) is 6.92 Å². The first kappa shape index (κ1) is 14.9. The van der Waals surface area contributed by atoms with Crippen LogP contribution in [0.1, 0.15) is 21.5 Å². The lowest BCUT2D eigenvalue weighted by Crippen LogP contribution is -2.21. The molecule has 4 nitrogen and oxygen atoms in total. The monoisotopic (exact) mass is 285 g/mol. The van der Waals surface area contributed by atoms with Gasteiger partial charge < -0.3 is 14.7 Å². The molecule has 0 fully saturated rings. The Morgan fingerprint density at radius 3 is 2.57 bits per heavy atom. The molecule has 0 aliphatic rings. The maximum absolute atomic E-state index is 11.4. The van der Waals surface area contributed by atoms with Crippen molar-refractivity contribution in [2.75, 3.05) is 19.1 Å². The molecule has 0 unspecified atom stereocenters. The molecule has 0 saturated carbocycles. The van der Waals surface area contributed by atoms with Crippen LogP contribution in [0.15, 0.2) is 42.5 Å². The van der Waals surface area contributed by atoms with E-state index in [9.17, 15) is 9.90 Å². The van der Waals surface area contributed by atoms with Gasteiger partial charge >= 0.3 is 5.97 Å². The molecule has 110 valence electrons. The van der Waals surface area contributed by atoms with Gasteiger partial charge in [0.25, 0.3) is 0 Å². The van der Waals surface area contributed by atoms with Gasteiger partial charge in [-0.25, -0.2) is 4.79 Å². The topological polar surface area (TPSA) is 49.8 Å². The zero-order chi connectivity index (χ0) is 15.4. The highest BCUT2D eigenvalue weighted by molar-refractivity contribution is 5.95. The fourth-order valence-electron chi connectivity index (χ4n) is 2.51. The normalized spacial score (nSPS) is 10.2. The molecule has 0 bridgehead atoms. The molecule has 2 rings (SSSR count). The number of hydrogen-bond acceptors (Lipinski definition) is 3. The van der Waals surface area contributed by atoms with Crippen molar-refractivity contribution in [3.63, 3.8) is 0 Å². The highest BCUT2D eigenvalue weighted by atomic mass is 16.5. The van der Waals surface area contributed by atoms with Crippen LogP contribution < -0.4 is 9.64 Å². The Morgan fingerprint density at radius 1 is 1.19 bits per heavy atom. The highest BCUT2D eigenvalue weighted by Gasteiger charge is 2.16. The quantitative estimate of drug-likeness (QED) is 0.915. The van der Waals surface area contributed by atoms with Gasteiger partial charge in [0.15, 0.2) is 0 Å². The minimum absolute atomic E-state index is 0.312. The van der Waals surface area contributed by atoms with Crippen molar-refractivity contribution in [2.45, 2.75) is 13.5 Å². The van der Waals surface area contributed by atoms with Crippen LogP contribution in [0.3, 0.4) is 0 Å². The summed E-state index contributed by atoms with van der Waals surface area (Å²) in [5.74, 6) is -0.115. The zero-order valence-electron chi connectivity index (χ0n) is 12.5. The van der Waals surface area contributed by atoms with Gasteiger partial charge in [0.05, 0.1) is 18.4 Å². The molecular weight excluding hydrogens is 266 g/mol. The molecule has 4 heteroatoms. The van der Waals surface area contributed by atoms with Crippen molar-refractivity contribution in [1.82, 2.24) is 0 Å². The van der Waals surface area contributed by atoms with E-state index in [4.69, 9.17) is 4.74 Å². The van der Waals surface area contributed by atoms with Crippen LogP contribution in [0.4, 0.5) is 5.69 Å². The Kier molecular flexibility index (Phi) is 4.48. The number of aryl methyl sites for hydroxylation is 1. The van der Waals surface area contributed by atoms with Crippen molar-refractivity contribution >= 4 is 11.7 Å². The molecular formula is C17H19NO3. The molecule has 0 atom stereocenters. The number of ether oxygens (including phenoxy) is 1. The summed E-state index contributed by atoms with van der Waals surface area (Å²) in [5, 5.41) is 9.35. The standard InChI is InChI=1S/C17H19NO3/c1-12-7-6-9-14(17(19)20)16(12)18(2)11-13-8-4-5-10-15(13)21-3/h4-10H,11H2,1-3H3,(H,19,20). The van der Waals surface area contributed by atoms with Gasteiger partial charge in [-0.15, -0.1) is 0 Å². The van der Waals surface area contributed by atoms with Crippen LogP contribution in [0.25, 0.3) is 0 Å². The second-order valence-corrected chi connectivity index (χ2v) is 4.94. The third-order valence-corrected chi connectivity index (χ3v) is 3.45. The van der Waals surface area contributed by atoms with Gasteiger partial charge in [0, 0.05) is 19.2 Å². The van der Waals surface area contributed by atoms with E-state index < -0.39 is 5.97 Å². The first-order valence-electron chi connectivity index (χ1n) is 6.70. The number of carbonyl (C=O) groups is 1. The number of benzene rings is 2. The molecule has 0 amide bonds. The lowest BCUT2D eigenvalue weighted by molar-refractivity contribution is 0.0697. The van der Waals surface area contributed by atoms with Gasteiger partial charge in [-0.05, 0) is 24.6 Å². The molecule has 0 aliphatic carbocycles. The molecule has 0 saturated heterocycles. The highest BCUT2D eigenvalue weighted by Crippen LogP contribution is 2.27. The van der Waals surface area contributed by atoms with Gasteiger partial charge in [-0.1, -0.05) is 30.3 Å². The van der Waals surface area contributed by atoms with Gasteiger partial charge in [0.2, 0.25) is 0 Å². The van der Waals surface area contributed by atoms with Crippen molar-refractivity contribution < 1.29 is 14.6 Å². The predicted molar refractivity (Wildman–Crippen MR) is 83.2 cm³/mol. The Bertz CT molecular complexity index is 652. The zero-order valence-corrected chi connectivity index (χ0v) is 12.5. The lowest BCUT2D eigenvalue weighted by Gasteiger charge is -2.24. The number of nitrogens with zero attached hydrogens (tertiary/aromatic N) is 1. The largest absolute Gasteiger partial charge is 0.496 e. The number of para-hydroxylation sites is 2. The van der Waals surface area contributed by atoms with Crippen LogP contribution in [-0.2, 0) is 6.54 Å². The fraction of sp³-hybridized carbons (Fsp3) is 0.235. The molecule has 2 aromatic carbocycles. The first-order valence-corrected chi connectivity index (χ1v) is 6.70. The average molecular weight is 285 g/mol. The third kappa shape index (κ3) is 3.16. The van der Waals surface area contributed by atoms with E-state index in [-0.39, 0.29) is 0 Å². The third-order valence-electron chi connectivity index (χ3n) is 3.45. The van der Waals surface area contributed by atoms with Crippen LogP contribution in [-0.4, -0.2) is 25.2 Å². The summed E-state index contributed by atoms with van der Waals surface area (Å²) in [6, 6.07) is 13.1. The van der Waals surface area contributed by atoms with Crippen molar-refractivity contribution in [1.29, 1.82) is 0 Å². The Hall–Kier alpha value is -2.49. The van der Waals surface area contributed by atoms with Crippen LogP contribution >= 0.6 is 0 Å². The summed E-state index contributed by atoms with van der Waals surface area (Å²) in [6.07, 6.45) is 0. The summed E-state index contributed by atoms with van der Waals surface area (Å²) < 4.78 is 5.35. The molecule has 0 aromatic heterocycles. The fourth-order valence-corrected chi connectivity index (χ4v) is 2.51. The second-order valence-electron chi connectivity index (χ2n) is 4.94. The van der Waals surface area contributed by atoms with E-state index in [1.807, 2.05) is 49.2 Å². The molecule has 2 aromatic rings. The molecule has 0 aliphatic heterocycles. The SMILES string of the molecule is COc1ccccc1CN(C)c1c(C)cccc1C(=O)O. The number of rotatable bonds is 5. The molecule has 21 heavy (non-hydrogen) atoms. The Balaban J connectivity index is 2.37. The summed E-state index contributed by atoms with van der Waals surface area (Å²) in [4.78, 5) is 13.3. The predicted octanol–water partition coefficient (Wildman–Crippen LogP) is 3.34. The van der Waals surface area contributed by atoms with Gasteiger partial charge in [-0.3, -0.25) is 0 Å². The maximum Gasteiger partial charge on any atom is 0.337 e. The van der Waals surface area contributed by atoms with E-state index >= 15 is 0 Å². The molecule has 1 N–H and O–H groups in total. The van der Waals surface area contributed by atoms with E-state index in [0.29, 0.717) is 12.1 Å². The van der Waals surface area contributed by atoms with Crippen molar-refractivity contribution in [2.24, 2.45) is 0 Å². The second kappa shape index (κ2) is 6.31. The van der Waals surface area contributed by atoms with Crippen LogP contribution in [0.2, 0.25) is 0 Å². The lowest BCUT2D eigenvalue weighted by atomic mass is 10.1. The summed E-state index contributed by atoms with van der Waals surface area (Å²) in [5.41, 5.74) is 3.00. The van der Waals surface area contributed by atoms with E-state index in [0.717, 1.165) is 22.6 Å². The van der Waals surface area contributed by atoms with E-state index in [1.165, 1.54) is 0 Å². The number of carboxylic acids is 1. The Labute approximate surface area is 124 Å². The summed E-state index contributed by atoms with van der Waals surface area (Å²) >= 11 is 0. The Morgan fingerprint density at radius 2 is 1.90 bits per heavy atom. The van der Waals surface area contributed by atoms with Crippen LogP contribution in [0.5, 0.6) is 5.75 Å². The van der Waals surface area contributed by atoms with E-state index in [1.54, 1.807) is 19.2 Å². The van der Waals surface area contributed by atoms with Crippen molar-refractivity contribution in [3.05, 3.63) is 59.2 Å². The molecule has 0 radical (unpaired) electrons. The van der Waals surface area contributed by atoms with Gasteiger partial charge in [-0.2, -0.15) is 0 Å². The number of methoxy groups -OCH3 is 1. The first-order chi connectivity index (χ1) is 10.0. The smallest absolute Gasteiger partial charge is 0.337 e. The molecule has 0 spiro atoms.